The molecule has 0 aliphatic rings. The second-order valence-corrected chi connectivity index (χ2v) is 6.24. The molecule has 0 aliphatic heterocycles. The molecule has 1 atom stereocenters. The first-order valence-electron chi connectivity index (χ1n) is 8.63. The van der Waals surface area contributed by atoms with Crippen LogP contribution >= 0.6 is 0 Å². The van der Waals surface area contributed by atoms with Gasteiger partial charge in [0.15, 0.2) is 6.61 Å². The highest BCUT2D eigenvalue weighted by atomic mass is 16.5. The van der Waals surface area contributed by atoms with Gasteiger partial charge >= 0.3 is 0 Å². The number of hydrogen-bond acceptors (Lipinski definition) is 2. The van der Waals surface area contributed by atoms with Crippen LogP contribution in [0.5, 0.6) is 5.75 Å². The van der Waals surface area contributed by atoms with Crippen molar-refractivity contribution in [1.82, 2.24) is 5.32 Å². The topological polar surface area (TPSA) is 38.3 Å². The normalized spacial score (nSPS) is 11.9. The molecule has 0 saturated heterocycles. The van der Waals surface area contributed by atoms with Crippen molar-refractivity contribution in [3.05, 3.63) is 77.9 Å². The summed E-state index contributed by atoms with van der Waals surface area (Å²) in [6, 6.07) is 22.2. The van der Waals surface area contributed by atoms with Crippen LogP contribution in [0.4, 0.5) is 0 Å². The largest absolute Gasteiger partial charge is 0.484 e. The molecule has 0 bridgehead atoms. The molecule has 3 aromatic carbocycles. The van der Waals surface area contributed by atoms with Gasteiger partial charge in [-0.3, -0.25) is 4.79 Å². The number of ether oxygens (including phenoxy) is 1. The number of rotatable bonds is 6. The zero-order chi connectivity index (χ0) is 17.6. The lowest BCUT2D eigenvalue weighted by molar-refractivity contribution is -0.123. The van der Waals surface area contributed by atoms with Crippen LogP contribution < -0.4 is 10.1 Å². The smallest absolute Gasteiger partial charge is 0.258 e. The van der Waals surface area contributed by atoms with Crippen molar-refractivity contribution in [3.8, 4) is 5.75 Å². The van der Waals surface area contributed by atoms with Gasteiger partial charge in [0.05, 0.1) is 6.04 Å². The first-order valence-corrected chi connectivity index (χ1v) is 8.63. The van der Waals surface area contributed by atoms with Crippen molar-refractivity contribution in [3.63, 3.8) is 0 Å². The molecule has 1 amide bonds. The molecule has 0 heterocycles. The first kappa shape index (κ1) is 17.0. The molecule has 3 aromatic rings. The molecule has 0 fully saturated rings. The fourth-order valence-corrected chi connectivity index (χ4v) is 2.86. The van der Waals surface area contributed by atoms with Crippen LogP contribution in [0.2, 0.25) is 0 Å². The summed E-state index contributed by atoms with van der Waals surface area (Å²) >= 11 is 0. The van der Waals surface area contributed by atoms with E-state index < -0.39 is 0 Å². The number of carbonyl (C=O) groups is 1. The highest BCUT2D eigenvalue weighted by Crippen LogP contribution is 2.21. The van der Waals surface area contributed by atoms with Gasteiger partial charge in [0.2, 0.25) is 0 Å². The number of aryl methyl sites for hydroxylation is 1. The lowest BCUT2D eigenvalue weighted by Crippen LogP contribution is -2.32. The van der Waals surface area contributed by atoms with Crippen LogP contribution in [0, 0.1) is 6.92 Å². The molecule has 3 heteroatoms. The van der Waals surface area contributed by atoms with Crippen molar-refractivity contribution < 1.29 is 9.53 Å². The fraction of sp³-hybridized carbons (Fsp3) is 0.227. The molecular formula is C22H23NO2. The van der Waals surface area contributed by atoms with Gasteiger partial charge < -0.3 is 10.1 Å². The molecule has 0 spiro atoms. The van der Waals surface area contributed by atoms with Crippen molar-refractivity contribution in [1.29, 1.82) is 0 Å². The minimum Gasteiger partial charge on any atom is -0.484 e. The monoisotopic (exact) mass is 333 g/mol. The minimum atomic E-state index is -0.111. The first-order chi connectivity index (χ1) is 12.2. The summed E-state index contributed by atoms with van der Waals surface area (Å²) in [4.78, 5) is 12.3. The van der Waals surface area contributed by atoms with Gasteiger partial charge in [-0.05, 0) is 41.8 Å². The summed E-state index contributed by atoms with van der Waals surface area (Å²) in [5.74, 6) is 0.595. The molecule has 3 rings (SSSR count). The maximum atomic E-state index is 12.3. The number of nitrogens with one attached hydrogen (secondary N) is 1. The van der Waals surface area contributed by atoms with E-state index in [4.69, 9.17) is 4.74 Å². The van der Waals surface area contributed by atoms with E-state index in [1.165, 1.54) is 5.56 Å². The molecule has 128 valence electrons. The maximum Gasteiger partial charge on any atom is 0.258 e. The summed E-state index contributed by atoms with van der Waals surface area (Å²) in [5, 5.41) is 5.31. The SMILES string of the molecule is CC[C@H](NC(=O)COc1ccc2ccccc2c1)c1ccc(C)cc1. The molecule has 0 aromatic heterocycles. The quantitative estimate of drug-likeness (QED) is 0.704. The van der Waals surface area contributed by atoms with E-state index >= 15 is 0 Å². The minimum absolute atomic E-state index is 0.00769. The Morgan fingerprint density at radius 2 is 1.72 bits per heavy atom. The Kier molecular flexibility index (Phi) is 5.34. The van der Waals surface area contributed by atoms with Gasteiger partial charge in [-0.1, -0.05) is 67.1 Å². The van der Waals surface area contributed by atoms with Gasteiger partial charge in [0.25, 0.3) is 5.91 Å². The summed E-state index contributed by atoms with van der Waals surface area (Å²) in [5.41, 5.74) is 2.33. The van der Waals surface area contributed by atoms with Crippen LogP contribution in [0.25, 0.3) is 10.8 Å². The number of benzene rings is 3. The summed E-state index contributed by atoms with van der Waals surface area (Å²) in [6.45, 7) is 4.14. The van der Waals surface area contributed by atoms with Gasteiger partial charge in [-0.15, -0.1) is 0 Å². The molecule has 0 unspecified atom stereocenters. The fourth-order valence-electron chi connectivity index (χ4n) is 2.86. The molecular weight excluding hydrogens is 310 g/mol. The average molecular weight is 333 g/mol. The Hall–Kier alpha value is -2.81. The van der Waals surface area contributed by atoms with Crippen molar-refractivity contribution in [2.24, 2.45) is 0 Å². The Morgan fingerprint density at radius 3 is 2.44 bits per heavy atom. The van der Waals surface area contributed by atoms with Crippen LogP contribution in [-0.4, -0.2) is 12.5 Å². The summed E-state index contributed by atoms with van der Waals surface area (Å²) < 4.78 is 5.66. The Labute approximate surface area is 148 Å². The van der Waals surface area contributed by atoms with Crippen molar-refractivity contribution in [2.45, 2.75) is 26.3 Å². The average Bonchev–Trinajstić information content (AvgIpc) is 2.65. The van der Waals surface area contributed by atoms with Crippen LogP contribution in [0.1, 0.15) is 30.5 Å². The highest BCUT2D eigenvalue weighted by Gasteiger charge is 2.13. The van der Waals surface area contributed by atoms with E-state index in [0.29, 0.717) is 5.75 Å². The predicted molar refractivity (Wildman–Crippen MR) is 102 cm³/mol. The predicted octanol–water partition coefficient (Wildman–Crippen LogP) is 4.79. The van der Waals surface area contributed by atoms with Gasteiger partial charge in [-0.25, -0.2) is 0 Å². The maximum absolute atomic E-state index is 12.3. The zero-order valence-electron chi connectivity index (χ0n) is 14.7. The second-order valence-electron chi connectivity index (χ2n) is 6.24. The van der Waals surface area contributed by atoms with Crippen LogP contribution in [0.15, 0.2) is 66.7 Å². The molecule has 0 radical (unpaired) electrons. The number of carbonyl (C=O) groups excluding carboxylic acids is 1. The molecule has 25 heavy (non-hydrogen) atoms. The number of hydrogen-bond donors (Lipinski definition) is 1. The van der Waals surface area contributed by atoms with Gasteiger partial charge in [0.1, 0.15) is 5.75 Å². The van der Waals surface area contributed by atoms with Crippen LogP contribution in [-0.2, 0) is 4.79 Å². The highest BCUT2D eigenvalue weighted by molar-refractivity contribution is 5.84. The Morgan fingerprint density at radius 1 is 1.00 bits per heavy atom. The lowest BCUT2D eigenvalue weighted by Gasteiger charge is -2.18. The van der Waals surface area contributed by atoms with E-state index in [0.717, 1.165) is 22.8 Å². The molecule has 3 nitrogen and oxygen atoms in total. The van der Waals surface area contributed by atoms with E-state index in [-0.39, 0.29) is 18.6 Å². The molecule has 1 N–H and O–H groups in total. The lowest BCUT2D eigenvalue weighted by atomic mass is 10.0. The molecule has 0 saturated carbocycles. The second kappa shape index (κ2) is 7.84. The number of fused-ring (bicyclic) bond motifs is 1. The van der Waals surface area contributed by atoms with E-state index in [1.807, 2.05) is 36.4 Å². The molecule has 0 aliphatic carbocycles. The standard InChI is InChI=1S/C22H23NO2/c1-3-21(18-10-8-16(2)9-11-18)23-22(24)15-25-20-13-12-17-6-4-5-7-19(17)14-20/h4-14,21H,3,15H2,1-2H3,(H,23,24)/t21-/m0/s1. The Bertz CT molecular complexity index is 855. The van der Waals surface area contributed by atoms with Crippen molar-refractivity contribution >= 4 is 16.7 Å². The van der Waals surface area contributed by atoms with E-state index in [2.05, 4.69) is 49.5 Å². The van der Waals surface area contributed by atoms with Crippen molar-refractivity contribution in [2.75, 3.05) is 6.61 Å². The van der Waals surface area contributed by atoms with E-state index in [1.54, 1.807) is 0 Å². The third-order valence-corrected chi connectivity index (χ3v) is 4.31. The van der Waals surface area contributed by atoms with E-state index in [9.17, 15) is 4.79 Å². The summed E-state index contributed by atoms with van der Waals surface area (Å²) in [7, 11) is 0. The third-order valence-electron chi connectivity index (χ3n) is 4.31. The number of amides is 1. The summed E-state index contributed by atoms with van der Waals surface area (Å²) in [6.07, 6.45) is 0.838. The Balaban J connectivity index is 1.60. The van der Waals surface area contributed by atoms with Gasteiger partial charge in [-0.2, -0.15) is 0 Å². The third kappa shape index (κ3) is 4.38. The zero-order valence-corrected chi connectivity index (χ0v) is 14.7. The van der Waals surface area contributed by atoms with Gasteiger partial charge in [0, 0.05) is 0 Å². The van der Waals surface area contributed by atoms with Crippen LogP contribution in [0.3, 0.4) is 0 Å².